The van der Waals surface area contributed by atoms with Crippen LogP contribution < -0.4 is 0 Å². The van der Waals surface area contributed by atoms with Gasteiger partial charge in [0.15, 0.2) is 0 Å². The molecule has 0 aliphatic carbocycles. The Morgan fingerprint density at radius 1 is 0.739 bits per heavy atom. The van der Waals surface area contributed by atoms with Gasteiger partial charge in [0.05, 0.1) is 11.4 Å². The largest absolute Gasteiger partial charge is 0.393 e. The first-order valence-corrected chi connectivity index (χ1v) is 11.1. The lowest BCUT2D eigenvalue weighted by Crippen LogP contribution is -2.26. The fraction of sp³-hybridized carbons (Fsp3) is 1.00. The molecule has 0 heterocycles. The van der Waals surface area contributed by atoms with Gasteiger partial charge in [0.25, 0.3) is 10.1 Å². The zero-order valence-corrected chi connectivity index (χ0v) is 16.0. The summed E-state index contributed by atoms with van der Waals surface area (Å²) in [6, 6.07) is 0. The first-order valence-electron chi connectivity index (χ1n) is 9.56. The Balaban J connectivity index is 3.75. The van der Waals surface area contributed by atoms with Crippen molar-refractivity contribution in [1.29, 1.82) is 0 Å². The second kappa shape index (κ2) is 14.2. The number of unbranched alkanes of at least 4 members (excludes halogenated alkanes) is 9. The molecule has 0 aromatic heterocycles. The second-order valence-electron chi connectivity index (χ2n) is 6.79. The van der Waals surface area contributed by atoms with Gasteiger partial charge in [-0.25, -0.2) is 0 Å². The number of rotatable bonds is 16. The zero-order valence-electron chi connectivity index (χ0n) is 15.2. The first kappa shape index (κ1) is 22.9. The molecule has 0 saturated carbocycles. The van der Waals surface area contributed by atoms with E-state index in [-0.39, 0.29) is 6.42 Å². The van der Waals surface area contributed by atoms with E-state index in [4.69, 9.17) is 0 Å². The molecule has 0 rings (SSSR count). The molecule has 0 aliphatic rings. The van der Waals surface area contributed by atoms with Crippen LogP contribution in [-0.4, -0.2) is 29.4 Å². The van der Waals surface area contributed by atoms with Crippen LogP contribution in [0.25, 0.3) is 0 Å². The molecule has 5 heteroatoms. The Morgan fingerprint density at radius 3 is 1.65 bits per heavy atom. The summed E-state index contributed by atoms with van der Waals surface area (Å²) in [6.07, 6.45) is 13.4. The summed E-state index contributed by atoms with van der Waals surface area (Å²) in [4.78, 5) is 0. The molecule has 2 unspecified atom stereocenters. The van der Waals surface area contributed by atoms with Gasteiger partial charge in [0.2, 0.25) is 0 Å². The van der Waals surface area contributed by atoms with Gasteiger partial charge in [0.1, 0.15) is 0 Å². The Morgan fingerprint density at radius 2 is 1.22 bits per heavy atom. The molecule has 0 fully saturated rings. The third kappa shape index (κ3) is 14.0. The van der Waals surface area contributed by atoms with Gasteiger partial charge in [0, 0.05) is 0 Å². The molecule has 0 bridgehead atoms. The molecule has 2 atom stereocenters. The topological polar surface area (TPSA) is 74.6 Å². The molecule has 0 aromatic carbocycles. The van der Waals surface area contributed by atoms with Crippen molar-refractivity contribution in [2.75, 3.05) is 0 Å². The Bertz CT molecular complexity index is 354. The number of hydrogen-bond acceptors (Lipinski definition) is 3. The average Bonchev–Trinajstić information content (AvgIpc) is 2.47. The van der Waals surface area contributed by atoms with Crippen LogP contribution in [0.1, 0.15) is 104 Å². The van der Waals surface area contributed by atoms with Gasteiger partial charge >= 0.3 is 0 Å². The van der Waals surface area contributed by atoms with Crippen molar-refractivity contribution < 1.29 is 18.1 Å². The highest BCUT2D eigenvalue weighted by atomic mass is 32.2. The quantitative estimate of drug-likeness (QED) is 0.300. The fourth-order valence-electron chi connectivity index (χ4n) is 3.00. The van der Waals surface area contributed by atoms with E-state index >= 15 is 0 Å². The van der Waals surface area contributed by atoms with Crippen LogP contribution in [0, 0.1) is 0 Å². The summed E-state index contributed by atoms with van der Waals surface area (Å²) in [6.45, 7) is 4.18. The maximum absolute atomic E-state index is 11.4. The van der Waals surface area contributed by atoms with Crippen LogP contribution in [-0.2, 0) is 10.1 Å². The first-order chi connectivity index (χ1) is 10.9. The van der Waals surface area contributed by atoms with Crippen molar-refractivity contribution in [1.82, 2.24) is 0 Å². The minimum absolute atomic E-state index is 0.157. The van der Waals surface area contributed by atoms with E-state index in [0.717, 1.165) is 25.7 Å². The van der Waals surface area contributed by atoms with E-state index in [1.807, 2.05) is 6.92 Å². The molecular weight excluding hydrogens is 312 g/mol. The average molecular weight is 351 g/mol. The summed E-state index contributed by atoms with van der Waals surface area (Å²) < 4.78 is 32.1. The summed E-state index contributed by atoms with van der Waals surface area (Å²) in [5.74, 6) is 0. The van der Waals surface area contributed by atoms with E-state index < -0.39 is 21.5 Å². The molecule has 0 saturated heterocycles. The summed E-state index contributed by atoms with van der Waals surface area (Å²) in [5, 5.41) is 8.96. The van der Waals surface area contributed by atoms with Gasteiger partial charge in [-0.1, -0.05) is 84.5 Å². The monoisotopic (exact) mass is 350 g/mol. The SMILES string of the molecule is CCCCCCCCCCCCC(CC(O)CCC)S(=O)(=O)O. The van der Waals surface area contributed by atoms with E-state index in [9.17, 15) is 18.1 Å². The molecule has 0 spiro atoms. The van der Waals surface area contributed by atoms with Crippen LogP contribution in [0.4, 0.5) is 0 Å². The van der Waals surface area contributed by atoms with Gasteiger partial charge in [-0.05, 0) is 19.3 Å². The molecule has 23 heavy (non-hydrogen) atoms. The lowest BCUT2D eigenvalue weighted by Gasteiger charge is -2.17. The highest BCUT2D eigenvalue weighted by Crippen LogP contribution is 2.19. The summed E-state index contributed by atoms with van der Waals surface area (Å²) in [7, 11) is -4.05. The van der Waals surface area contributed by atoms with Crippen LogP contribution in [0.15, 0.2) is 0 Å². The molecule has 0 aromatic rings. The maximum atomic E-state index is 11.4. The van der Waals surface area contributed by atoms with Crippen molar-refractivity contribution in [2.24, 2.45) is 0 Å². The lowest BCUT2D eigenvalue weighted by atomic mass is 10.0. The zero-order chi connectivity index (χ0) is 17.6. The highest BCUT2D eigenvalue weighted by Gasteiger charge is 2.25. The summed E-state index contributed by atoms with van der Waals surface area (Å²) in [5.41, 5.74) is 0. The van der Waals surface area contributed by atoms with Crippen LogP contribution in [0.3, 0.4) is 0 Å². The van der Waals surface area contributed by atoms with Crippen molar-refractivity contribution in [2.45, 2.75) is 115 Å². The smallest absolute Gasteiger partial charge is 0.267 e. The Hall–Kier alpha value is -0.130. The van der Waals surface area contributed by atoms with Gasteiger partial charge < -0.3 is 5.11 Å². The standard InChI is InChI=1S/C18H38O4S/c1-3-5-6-7-8-9-10-11-12-13-15-18(23(20,21)22)16-17(19)14-4-2/h17-19H,3-16H2,1-2H3,(H,20,21,22). The molecule has 2 N–H and O–H groups in total. The van der Waals surface area contributed by atoms with Crippen molar-refractivity contribution in [3.8, 4) is 0 Å². The van der Waals surface area contributed by atoms with Gasteiger partial charge in [-0.2, -0.15) is 8.42 Å². The van der Waals surface area contributed by atoms with Crippen LogP contribution >= 0.6 is 0 Å². The van der Waals surface area contributed by atoms with Crippen molar-refractivity contribution in [3.05, 3.63) is 0 Å². The highest BCUT2D eigenvalue weighted by molar-refractivity contribution is 7.86. The minimum Gasteiger partial charge on any atom is -0.393 e. The van der Waals surface area contributed by atoms with E-state index in [2.05, 4.69) is 6.92 Å². The van der Waals surface area contributed by atoms with E-state index in [0.29, 0.717) is 12.8 Å². The minimum atomic E-state index is -4.05. The van der Waals surface area contributed by atoms with Crippen LogP contribution in [0.5, 0.6) is 0 Å². The number of aliphatic hydroxyl groups is 1. The van der Waals surface area contributed by atoms with Crippen molar-refractivity contribution >= 4 is 10.1 Å². The third-order valence-electron chi connectivity index (χ3n) is 4.46. The van der Waals surface area contributed by atoms with Gasteiger partial charge in [-0.3, -0.25) is 4.55 Å². The summed E-state index contributed by atoms with van der Waals surface area (Å²) >= 11 is 0. The number of hydrogen-bond donors (Lipinski definition) is 2. The lowest BCUT2D eigenvalue weighted by molar-refractivity contribution is 0.149. The molecule has 4 nitrogen and oxygen atoms in total. The van der Waals surface area contributed by atoms with E-state index in [1.165, 1.54) is 44.9 Å². The predicted molar refractivity (Wildman–Crippen MR) is 97.3 cm³/mol. The Kier molecular flexibility index (Phi) is 14.2. The van der Waals surface area contributed by atoms with Crippen LogP contribution in [0.2, 0.25) is 0 Å². The maximum Gasteiger partial charge on any atom is 0.267 e. The molecule has 140 valence electrons. The molecule has 0 amide bonds. The van der Waals surface area contributed by atoms with E-state index in [1.54, 1.807) is 0 Å². The van der Waals surface area contributed by atoms with Crippen molar-refractivity contribution in [3.63, 3.8) is 0 Å². The molecular formula is C18H38O4S. The third-order valence-corrected chi connectivity index (χ3v) is 5.73. The normalized spacial score (nSPS) is 14.8. The number of aliphatic hydroxyl groups excluding tert-OH is 1. The second-order valence-corrected chi connectivity index (χ2v) is 8.48. The van der Waals surface area contributed by atoms with Gasteiger partial charge in [-0.15, -0.1) is 0 Å². The fourth-order valence-corrected chi connectivity index (χ4v) is 3.93. The molecule has 0 radical (unpaired) electrons. The Labute approximate surface area is 143 Å². The molecule has 0 aliphatic heterocycles. The predicted octanol–water partition coefficient (Wildman–Crippen LogP) is 5.10.